The molecule has 4 nitrogen and oxygen atoms in total. The summed E-state index contributed by atoms with van der Waals surface area (Å²) in [5, 5.41) is 0. The number of piperidine rings is 1. The van der Waals surface area contributed by atoms with Gasteiger partial charge in [-0.2, -0.15) is 0 Å². The first-order valence-corrected chi connectivity index (χ1v) is 7.82. The maximum Gasteiger partial charge on any atom is 0.230 e. The molecule has 1 atom stereocenters. The van der Waals surface area contributed by atoms with Gasteiger partial charge in [0, 0.05) is 19.0 Å². The van der Waals surface area contributed by atoms with Gasteiger partial charge in [0.05, 0.1) is 5.92 Å². The Morgan fingerprint density at radius 3 is 2.52 bits per heavy atom. The van der Waals surface area contributed by atoms with Crippen molar-refractivity contribution in [3.8, 4) is 0 Å². The normalized spacial score (nSPS) is 22.7. The number of primary amides is 1. The van der Waals surface area contributed by atoms with Gasteiger partial charge in [0.25, 0.3) is 0 Å². The number of nitrogens with zero attached hydrogens (tertiary/aromatic N) is 1. The standard InChI is InChI=1S/C17H22N2O2/c18-16(20)13-8-10-19(11-9-13)17(21)15-7-3-5-12-4-1-2-6-14(12)15/h1-2,4,6,13,15H,3,5,7-11H2,(H2,18,20). The lowest BCUT2D eigenvalue weighted by atomic mass is 9.81. The molecular weight excluding hydrogens is 264 g/mol. The van der Waals surface area contributed by atoms with Gasteiger partial charge in [-0.25, -0.2) is 0 Å². The van der Waals surface area contributed by atoms with Crippen LogP contribution in [0.15, 0.2) is 24.3 Å². The van der Waals surface area contributed by atoms with E-state index < -0.39 is 0 Å². The molecule has 0 radical (unpaired) electrons. The van der Waals surface area contributed by atoms with Gasteiger partial charge in [-0.05, 0) is 43.2 Å². The molecule has 21 heavy (non-hydrogen) atoms. The Hall–Kier alpha value is -1.84. The van der Waals surface area contributed by atoms with E-state index in [4.69, 9.17) is 5.73 Å². The molecule has 0 aromatic heterocycles. The highest BCUT2D eigenvalue weighted by Crippen LogP contribution is 2.33. The van der Waals surface area contributed by atoms with Crippen LogP contribution in [0.25, 0.3) is 0 Å². The van der Waals surface area contributed by atoms with Crippen LogP contribution >= 0.6 is 0 Å². The Morgan fingerprint density at radius 2 is 1.81 bits per heavy atom. The van der Waals surface area contributed by atoms with Gasteiger partial charge >= 0.3 is 0 Å². The van der Waals surface area contributed by atoms with Gasteiger partial charge < -0.3 is 10.6 Å². The maximum atomic E-state index is 12.8. The van der Waals surface area contributed by atoms with E-state index in [9.17, 15) is 9.59 Å². The van der Waals surface area contributed by atoms with Crippen LogP contribution in [0.2, 0.25) is 0 Å². The number of fused-ring (bicyclic) bond motifs is 1. The van der Waals surface area contributed by atoms with E-state index in [-0.39, 0.29) is 23.7 Å². The van der Waals surface area contributed by atoms with E-state index >= 15 is 0 Å². The molecule has 1 fully saturated rings. The number of hydrogen-bond acceptors (Lipinski definition) is 2. The molecule has 2 aliphatic rings. The summed E-state index contributed by atoms with van der Waals surface area (Å²) in [5.41, 5.74) is 7.87. The number of hydrogen-bond donors (Lipinski definition) is 1. The number of likely N-dealkylation sites (tertiary alicyclic amines) is 1. The lowest BCUT2D eigenvalue weighted by molar-refractivity contribution is -0.136. The van der Waals surface area contributed by atoms with Crippen molar-refractivity contribution in [1.82, 2.24) is 4.90 Å². The Balaban J connectivity index is 1.71. The summed E-state index contributed by atoms with van der Waals surface area (Å²) in [7, 11) is 0. The van der Waals surface area contributed by atoms with Crippen molar-refractivity contribution in [2.45, 2.75) is 38.0 Å². The monoisotopic (exact) mass is 286 g/mol. The number of aryl methyl sites for hydroxylation is 1. The molecule has 1 aliphatic carbocycles. The first-order chi connectivity index (χ1) is 10.2. The summed E-state index contributed by atoms with van der Waals surface area (Å²) >= 11 is 0. The molecule has 1 aromatic rings. The highest BCUT2D eigenvalue weighted by molar-refractivity contribution is 5.85. The highest BCUT2D eigenvalue weighted by atomic mass is 16.2. The summed E-state index contributed by atoms with van der Waals surface area (Å²) in [4.78, 5) is 25.9. The van der Waals surface area contributed by atoms with Gasteiger partial charge in [-0.1, -0.05) is 24.3 Å². The first-order valence-electron chi connectivity index (χ1n) is 7.82. The minimum atomic E-state index is -0.231. The number of carbonyl (C=O) groups excluding carboxylic acids is 2. The summed E-state index contributed by atoms with van der Waals surface area (Å²) in [5.74, 6) is -0.0667. The second kappa shape index (κ2) is 5.88. The van der Waals surface area contributed by atoms with Crippen molar-refractivity contribution in [1.29, 1.82) is 0 Å². The number of rotatable bonds is 2. The highest BCUT2D eigenvalue weighted by Gasteiger charge is 2.32. The van der Waals surface area contributed by atoms with Crippen molar-refractivity contribution < 1.29 is 9.59 Å². The zero-order valence-corrected chi connectivity index (χ0v) is 12.3. The maximum absolute atomic E-state index is 12.8. The smallest absolute Gasteiger partial charge is 0.230 e. The zero-order valence-electron chi connectivity index (χ0n) is 12.3. The number of amides is 2. The predicted octanol–water partition coefficient (Wildman–Crippen LogP) is 1.83. The van der Waals surface area contributed by atoms with Crippen LogP contribution in [-0.4, -0.2) is 29.8 Å². The Bertz CT molecular complexity index is 547. The molecule has 2 N–H and O–H groups in total. The molecule has 0 spiro atoms. The fraction of sp³-hybridized carbons (Fsp3) is 0.529. The SMILES string of the molecule is NC(=O)C1CCN(C(=O)C2CCCc3ccccc32)CC1. The van der Waals surface area contributed by atoms with E-state index in [2.05, 4.69) is 12.1 Å². The van der Waals surface area contributed by atoms with Crippen molar-refractivity contribution in [3.05, 3.63) is 35.4 Å². The van der Waals surface area contributed by atoms with E-state index in [0.29, 0.717) is 25.9 Å². The van der Waals surface area contributed by atoms with Crippen LogP contribution in [-0.2, 0) is 16.0 Å². The van der Waals surface area contributed by atoms with Crippen LogP contribution in [0.1, 0.15) is 42.7 Å². The molecule has 1 unspecified atom stereocenters. The Labute approximate surface area is 125 Å². The molecule has 1 aliphatic heterocycles. The summed E-state index contributed by atoms with van der Waals surface area (Å²) < 4.78 is 0. The van der Waals surface area contributed by atoms with Crippen LogP contribution in [0.4, 0.5) is 0 Å². The fourth-order valence-electron chi connectivity index (χ4n) is 3.62. The van der Waals surface area contributed by atoms with E-state index in [1.54, 1.807) is 0 Å². The second-order valence-corrected chi connectivity index (χ2v) is 6.15. The average Bonchev–Trinajstić information content (AvgIpc) is 2.53. The van der Waals surface area contributed by atoms with Gasteiger partial charge in [0.15, 0.2) is 0 Å². The third kappa shape index (κ3) is 2.80. The van der Waals surface area contributed by atoms with Crippen LogP contribution in [0.5, 0.6) is 0 Å². The minimum absolute atomic E-state index is 0.0000723. The third-order valence-electron chi connectivity index (χ3n) is 4.88. The fourth-order valence-corrected chi connectivity index (χ4v) is 3.62. The van der Waals surface area contributed by atoms with Crippen molar-refractivity contribution >= 4 is 11.8 Å². The number of nitrogens with two attached hydrogens (primary N) is 1. The summed E-state index contributed by atoms with van der Waals surface area (Å²) in [6.45, 7) is 1.32. The van der Waals surface area contributed by atoms with E-state index in [1.807, 2.05) is 17.0 Å². The third-order valence-corrected chi connectivity index (χ3v) is 4.88. The quantitative estimate of drug-likeness (QED) is 0.901. The first kappa shape index (κ1) is 14.1. The molecule has 1 saturated heterocycles. The second-order valence-electron chi connectivity index (χ2n) is 6.15. The minimum Gasteiger partial charge on any atom is -0.369 e. The molecule has 2 amide bonds. The van der Waals surface area contributed by atoms with Gasteiger partial charge in [-0.3, -0.25) is 9.59 Å². The zero-order chi connectivity index (χ0) is 14.8. The molecule has 0 saturated carbocycles. The van der Waals surface area contributed by atoms with Gasteiger partial charge in [0.1, 0.15) is 0 Å². The molecule has 112 valence electrons. The lowest BCUT2D eigenvalue weighted by Gasteiger charge is -2.35. The van der Waals surface area contributed by atoms with Crippen LogP contribution in [0, 0.1) is 5.92 Å². The van der Waals surface area contributed by atoms with Crippen molar-refractivity contribution in [2.75, 3.05) is 13.1 Å². The van der Waals surface area contributed by atoms with Gasteiger partial charge in [-0.15, -0.1) is 0 Å². The van der Waals surface area contributed by atoms with E-state index in [1.165, 1.54) is 11.1 Å². The number of benzene rings is 1. The molecule has 3 rings (SSSR count). The summed E-state index contributed by atoms with van der Waals surface area (Å²) in [6, 6.07) is 8.29. The largest absolute Gasteiger partial charge is 0.369 e. The topological polar surface area (TPSA) is 63.4 Å². The Morgan fingerprint density at radius 1 is 1.10 bits per heavy atom. The molecule has 1 aromatic carbocycles. The Kier molecular flexibility index (Phi) is 3.95. The van der Waals surface area contributed by atoms with Gasteiger partial charge in [0.2, 0.25) is 11.8 Å². The predicted molar refractivity (Wildman–Crippen MR) is 80.6 cm³/mol. The van der Waals surface area contributed by atoms with Crippen molar-refractivity contribution in [2.24, 2.45) is 11.7 Å². The number of carbonyl (C=O) groups is 2. The van der Waals surface area contributed by atoms with Crippen LogP contribution < -0.4 is 5.73 Å². The molecule has 0 bridgehead atoms. The van der Waals surface area contributed by atoms with Crippen LogP contribution in [0.3, 0.4) is 0 Å². The molecule has 4 heteroatoms. The summed E-state index contributed by atoms with van der Waals surface area (Å²) in [6.07, 6.45) is 4.49. The van der Waals surface area contributed by atoms with E-state index in [0.717, 1.165) is 19.3 Å². The molecule has 1 heterocycles. The van der Waals surface area contributed by atoms with Crippen molar-refractivity contribution in [3.63, 3.8) is 0 Å². The average molecular weight is 286 g/mol. The molecular formula is C17H22N2O2. The lowest BCUT2D eigenvalue weighted by Crippen LogP contribution is -2.44.